The van der Waals surface area contributed by atoms with Crippen LogP contribution in [-0.2, 0) is 0 Å². The molecule has 1 atom stereocenters. The van der Waals surface area contributed by atoms with Crippen LogP contribution < -0.4 is 11.5 Å². The van der Waals surface area contributed by atoms with Gasteiger partial charge in [0.05, 0.1) is 12.3 Å². The van der Waals surface area contributed by atoms with E-state index >= 15 is 0 Å². The molecule has 0 aliphatic heterocycles. The van der Waals surface area contributed by atoms with Gasteiger partial charge in [-0.25, -0.2) is 0 Å². The second-order valence-corrected chi connectivity index (χ2v) is 9.25. The molecule has 0 aliphatic rings. The van der Waals surface area contributed by atoms with Crippen molar-refractivity contribution in [3.05, 3.63) is 100 Å². The normalized spacial score (nSPS) is 10.4. The number of aromatic hydroxyl groups is 1. The number of carbonyl (C=O) groups excluding carboxylic acids is 2. The monoisotopic (exact) mass is 522 g/mol. The van der Waals surface area contributed by atoms with Crippen LogP contribution >= 0.6 is 0 Å². The Labute approximate surface area is 228 Å². The summed E-state index contributed by atoms with van der Waals surface area (Å²) in [4.78, 5) is 23.6. The number of hydrogen-bond acceptors (Lipinski definition) is 6. The fourth-order valence-corrected chi connectivity index (χ4v) is 3.56. The molecule has 0 saturated heterocycles. The Bertz CT molecular complexity index is 1030. The predicted molar refractivity (Wildman–Crippen MR) is 158 cm³/mol. The van der Waals surface area contributed by atoms with Crippen LogP contribution in [0.25, 0.3) is 0 Å². The van der Waals surface area contributed by atoms with Crippen LogP contribution in [0.2, 0.25) is 0 Å². The Morgan fingerprint density at radius 2 is 1.34 bits per heavy atom. The highest BCUT2D eigenvalue weighted by Crippen LogP contribution is 2.26. The fourth-order valence-electron chi connectivity index (χ4n) is 3.56. The van der Waals surface area contributed by atoms with Gasteiger partial charge in [-0.05, 0) is 64.3 Å². The van der Waals surface area contributed by atoms with Crippen LogP contribution in [0.4, 0.5) is 0 Å². The number of aliphatic hydroxyl groups is 1. The summed E-state index contributed by atoms with van der Waals surface area (Å²) in [5.41, 5.74) is 14.2. The highest BCUT2D eigenvalue weighted by Gasteiger charge is 2.18. The van der Waals surface area contributed by atoms with Crippen molar-refractivity contribution < 1.29 is 19.8 Å². The summed E-state index contributed by atoms with van der Waals surface area (Å²) < 4.78 is 0. The van der Waals surface area contributed by atoms with Gasteiger partial charge in [0.2, 0.25) is 0 Å². The van der Waals surface area contributed by atoms with Crippen molar-refractivity contribution in [2.45, 2.75) is 60.8 Å². The van der Waals surface area contributed by atoms with E-state index in [2.05, 4.69) is 57.7 Å². The molecular formula is C32H46N2O4. The average molecular weight is 523 g/mol. The first-order chi connectivity index (χ1) is 18.0. The molecule has 0 fully saturated rings. The smallest absolute Gasteiger partial charge is 0.197 e. The number of benzene rings is 3. The first-order valence-corrected chi connectivity index (χ1v) is 13.0. The third-order valence-corrected chi connectivity index (χ3v) is 5.64. The third kappa shape index (κ3) is 13.8. The molecule has 208 valence electrons. The van der Waals surface area contributed by atoms with Gasteiger partial charge in [0.1, 0.15) is 5.75 Å². The van der Waals surface area contributed by atoms with E-state index < -0.39 is 0 Å². The second-order valence-electron chi connectivity index (χ2n) is 9.25. The van der Waals surface area contributed by atoms with Gasteiger partial charge in [-0.1, -0.05) is 92.4 Å². The molecule has 3 rings (SSSR count). The Kier molecular flexibility index (Phi) is 18.0. The standard InChI is InChI=1S/C16H14O3.C8H10.C7H17N.CH5NO/c1-10-8-13(11(2)17)9-14(18)15(10)16(19)12-6-4-3-5-7-12;1-7-3-5-8(2)6-4-7;1-3-4-7(2)5-6-8;2-1-3/h3-9,18H,1-2H3;3-6H,1-2H3;7H,3-6,8H2,1-2H3;3H,1-2H2. The summed E-state index contributed by atoms with van der Waals surface area (Å²) in [6.45, 7) is 12.4. The summed E-state index contributed by atoms with van der Waals surface area (Å²) in [5, 5.41) is 17.3. The number of phenols is 1. The van der Waals surface area contributed by atoms with Crippen LogP contribution in [0, 0.1) is 26.7 Å². The molecular weight excluding hydrogens is 476 g/mol. The number of aliphatic hydroxyl groups excluding tert-OH is 1. The van der Waals surface area contributed by atoms with Crippen LogP contribution in [0.5, 0.6) is 5.75 Å². The van der Waals surface area contributed by atoms with E-state index in [-0.39, 0.29) is 29.6 Å². The van der Waals surface area contributed by atoms with Gasteiger partial charge in [0.25, 0.3) is 0 Å². The maximum absolute atomic E-state index is 12.3. The van der Waals surface area contributed by atoms with Crippen LogP contribution in [-0.4, -0.2) is 35.1 Å². The van der Waals surface area contributed by atoms with Gasteiger partial charge >= 0.3 is 0 Å². The highest BCUT2D eigenvalue weighted by molar-refractivity contribution is 6.12. The molecule has 6 N–H and O–H groups in total. The van der Waals surface area contributed by atoms with Crippen LogP contribution in [0.1, 0.15) is 83.0 Å². The molecule has 6 nitrogen and oxygen atoms in total. The zero-order valence-electron chi connectivity index (χ0n) is 23.8. The molecule has 3 aromatic carbocycles. The van der Waals surface area contributed by atoms with Crippen molar-refractivity contribution in [1.29, 1.82) is 0 Å². The maximum Gasteiger partial charge on any atom is 0.197 e. The number of carbonyl (C=O) groups is 2. The Balaban J connectivity index is 0.000000596. The molecule has 38 heavy (non-hydrogen) atoms. The molecule has 0 aromatic heterocycles. The number of Topliss-reactive ketones (excluding diaryl/α,β-unsaturated/α-hetero) is 1. The SMILES string of the molecule is CC(=O)c1cc(C)c(C(=O)c2ccccc2)c(O)c1.CCCC(C)CCN.Cc1ccc(C)cc1.NCO. The zero-order chi connectivity index (χ0) is 29.1. The van der Waals surface area contributed by atoms with Gasteiger partial charge in [-0.2, -0.15) is 0 Å². The molecule has 0 amide bonds. The van der Waals surface area contributed by atoms with Gasteiger partial charge in [-0.3, -0.25) is 9.59 Å². The highest BCUT2D eigenvalue weighted by atomic mass is 16.3. The molecule has 0 radical (unpaired) electrons. The average Bonchev–Trinajstić information content (AvgIpc) is 2.87. The summed E-state index contributed by atoms with van der Waals surface area (Å²) >= 11 is 0. The van der Waals surface area contributed by atoms with Crippen molar-refractivity contribution in [3.8, 4) is 5.75 Å². The molecule has 0 heterocycles. The quantitative estimate of drug-likeness (QED) is 0.219. The van der Waals surface area contributed by atoms with Gasteiger partial charge < -0.3 is 21.7 Å². The van der Waals surface area contributed by atoms with E-state index in [1.54, 1.807) is 37.3 Å². The second kappa shape index (κ2) is 19.7. The first-order valence-electron chi connectivity index (χ1n) is 13.0. The minimum Gasteiger partial charge on any atom is -0.507 e. The minimum atomic E-state index is -0.250. The Morgan fingerprint density at radius 3 is 1.74 bits per heavy atom. The maximum atomic E-state index is 12.3. The van der Waals surface area contributed by atoms with Crippen molar-refractivity contribution in [2.75, 3.05) is 13.3 Å². The number of ketones is 2. The van der Waals surface area contributed by atoms with E-state index in [0.29, 0.717) is 16.7 Å². The summed E-state index contributed by atoms with van der Waals surface area (Å²) in [7, 11) is 0. The van der Waals surface area contributed by atoms with Gasteiger partial charge in [0, 0.05) is 11.1 Å². The molecule has 3 aromatic rings. The van der Waals surface area contributed by atoms with Crippen molar-refractivity contribution in [1.82, 2.24) is 0 Å². The minimum absolute atomic E-state index is 0.142. The third-order valence-electron chi connectivity index (χ3n) is 5.64. The number of phenolic OH excluding ortho intramolecular Hbond substituents is 1. The molecule has 0 aliphatic carbocycles. The van der Waals surface area contributed by atoms with Crippen molar-refractivity contribution >= 4 is 11.6 Å². The molecule has 1 unspecified atom stereocenters. The summed E-state index contributed by atoms with van der Waals surface area (Å²) in [6, 6.07) is 20.2. The number of aryl methyl sites for hydroxylation is 3. The Hall–Kier alpha value is -3.32. The van der Waals surface area contributed by atoms with Crippen molar-refractivity contribution in [2.24, 2.45) is 17.4 Å². The van der Waals surface area contributed by atoms with E-state index in [4.69, 9.17) is 10.8 Å². The van der Waals surface area contributed by atoms with E-state index in [0.717, 1.165) is 12.5 Å². The number of nitrogens with two attached hydrogens (primary N) is 2. The lowest BCUT2D eigenvalue weighted by Gasteiger charge is -2.09. The van der Waals surface area contributed by atoms with Gasteiger partial charge in [-0.15, -0.1) is 0 Å². The van der Waals surface area contributed by atoms with Crippen LogP contribution in [0.3, 0.4) is 0 Å². The van der Waals surface area contributed by atoms with Crippen LogP contribution in [0.15, 0.2) is 66.7 Å². The molecule has 0 bridgehead atoms. The topological polar surface area (TPSA) is 127 Å². The molecule has 6 heteroatoms. The van der Waals surface area contributed by atoms with E-state index in [1.165, 1.54) is 43.4 Å². The summed E-state index contributed by atoms with van der Waals surface area (Å²) in [5.74, 6) is 0.298. The molecule has 0 saturated carbocycles. The number of rotatable bonds is 7. The van der Waals surface area contributed by atoms with Crippen molar-refractivity contribution in [3.63, 3.8) is 0 Å². The van der Waals surface area contributed by atoms with E-state index in [9.17, 15) is 14.7 Å². The first kappa shape index (κ1) is 34.7. The van der Waals surface area contributed by atoms with E-state index in [1.807, 2.05) is 6.07 Å². The fraction of sp³-hybridized carbons (Fsp3) is 0.375. The zero-order valence-corrected chi connectivity index (χ0v) is 23.8. The Morgan fingerprint density at radius 1 is 0.842 bits per heavy atom. The van der Waals surface area contributed by atoms with Gasteiger partial charge in [0.15, 0.2) is 11.6 Å². The molecule has 0 spiro atoms. The summed E-state index contributed by atoms with van der Waals surface area (Å²) in [6.07, 6.45) is 3.81. The number of hydrogen-bond donors (Lipinski definition) is 4. The lowest BCUT2D eigenvalue weighted by Crippen LogP contribution is -2.06. The largest absolute Gasteiger partial charge is 0.507 e. The lowest BCUT2D eigenvalue weighted by atomic mass is 9.95. The lowest BCUT2D eigenvalue weighted by molar-refractivity contribution is 0.101. The predicted octanol–water partition coefficient (Wildman–Crippen LogP) is 6.10.